The first kappa shape index (κ1) is 10.9. The Kier molecular flexibility index (Phi) is 3.27. The first-order valence-corrected chi connectivity index (χ1v) is 5.85. The van der Waals surface area contributed by atoms with Gasteiger partial charge in [0.1, 0.15) is 0 Å². The fourth-order valence-electron chi connectivity index (χ4n) is 2.14. The maximum absolute atomic E-state index is 5.93. The maximum atomic E-state index is 5.93. The summed E-state index contributed by atoms with van der Waals surface area (Å²) in [5.74, 6) is 1.59. The van der Waals surface area contributed by atoms with Gasteiger partial charge in [-0.15, -0.1) is 0 Å². The van der Waals surface area contributed by atoms with Crippen LogP contribution < -0.4 is 0 Å². The van der Waals surface area contributed by atoms with Crippen LogP contribution in [0.5, 0.6) is 0 Å². The molecule has 2 heterocycles. The summed E-state index contributed by atoms with van der Waals surface area (Å²) in [6, 6.07) is 3.77. The monoisotopic (exact) mass is 224 g/mol. The zero-order valence-corrected chi connectivity index (χ0v) is 10.0. The molecule has 0 saturated carbocycles. The molecular weight excluding hydrogens is 208 g/mol. The summed E-state index contributed by atoms with van der Waals surface area (Å²) in [7, 11) is 0. The zero-order chi connectivity index (χ0) is 10.8. The summed E-state index contributed by atoms with van der Waals surface area (Å²) in [4.78, 5) is 6.78. The van der Waals surface area contributed by atoms with E-state index in [0.717, 1.165) is 29.1 Å². The highest BCUT2D eigenvalue weighted by Crippen LogP contribution is 2.23. The van der Waals surface area contributed by atoms with Crippen molar-refractivity contribution >= 4 is 11.6 Å². The SMILES string of the molecule is CC1CN(Cc2cc(Cl)ccn2)CC1C. The van der Waals surface area contributed by atoms with Crippen LogP contribution in [-0.4, -0.2) is 23.0 Å². The van der Waals surface area contributed by atoms with Crippen molar-refractivity contribution in [2.24, 2.45) is 11.8 Å². The molecule has 82 valence electrons. The molecule has 1 aliphatic heterocycles. The normalized spacial score (nSPS) is 27.1. The quantitative estimate of drug-likeness (QED) is 0.768. The predicted molar refractivity (Wildman–Crippen MR) is 62.9 cm³/mol. The van der Waals surface area contributed by atoms with Crippen molar-refractivity contribution in [1.29, 1.82) is 0 Å². The average molecular weight is 225 g/mol. The van der Waals surface area contributed by atoms with Crippen molar-refractivity contribution in [3.63, 3.8) is 0 Å². The van der Waals surface area contributed by atoms with E-state index in [1.807, 2.05) is 12.1 Å². The molecule has 1 fully saturated rings. The van der Waals surface area contributed by atoms with Gasteiger partial charge in [-0.2, -0.15) is 0 Å². The smallest absolute Gasteiger partial charge is 0.0558 e. The number of aromatic nitrogens is 1. The lowest BCUT2D eigenvalue weighted by Crippen LogP contribution is -2.20. The predicted octanol–water partition coefficient (Wildman–Crippen LogP) is 2.82. The molecule has 0 aromatic carbocycles. The van der Waals surface area contributed by atoms with Crippen LogP contribution in [-0.2, 0) is 6.54 Å². The molecule has 15 heavy (non-hydrogen) atoms. The molecule has 1 aromatic heterocycles. The Balaban J connectivity index is 1.98. The van der Waals surface area contributed by atoms with E-state index in [2.05, 4.69) is 23.7 Å². The van der Waals surface area contributed by atoms with Crippen molar-refractivity contribution in [2.75, 3.05) is 13.1 Å². The Hall–Kier alpha value is -0.600. The number of likely N-dealkylation sites (tertiary alicyclic amines) is 1. The highest BCUT2D eigenvalue weighted by Gasteiger charge is 2.25. The Morgan fingerprint density at radius 1 is 1.40 bits per heavy atom. The lowest BCUT2D eigenvalue weighted by molar-refractivity contribution is 0.312. The number of hydrogen-bond donors (Lipinski definition) is 0. The highest BCUT2D eigenvalue weighted by molar-refractivity contribution is 6.30. The number of hydrogen-bond acceptors (Lipinski definition) is 2. The fraction of sp³-hybridized carbons (Fsp3) is 0.583. The molecule has 1 saturated heterocycles. The Morgan fingerprint density at radius 3 is 2.67 bits per heavy atom. The van der Waals surface area contributed by atoms with Crippen LogP contribution in [0.3, 0.4) is 0 Å². The van der Waals surface area contributed by atoms with Crippen molar-refractivity contribution in [2.45, 2.75) is 20.4 Å². The summed E-state index contributed by atoms with van der Waals surface area (Å²) in [5.41, 5.74) is 1.07. The van der Waals surface area contributed by atoms with Gasteiger partial charge in [0.05, 0.1) is 5.69 Å². The van der Waals surface area contributed by atoms with Gasteiger partial charge in [0.15, 0.2) is 0 Å². The Bertz CT molecular complexity index is 330. The first-order chi connectivity index (χ1) is 7.15. The summed E-state index contributed by atoms with van der Waals surface area (Å²) >= 11 is 5.93. The molecule has 1 aromatic rings. The van der Waals surface area contributed by atoms with Gasteiger partial charge in [0, 0.05) is 30.9 Å². The minimum Gasteiger partial charge on any atom is -0.297 e. The standard InChI is InChI=1S/C12H17ClN2/c1-9-6-15(7-10(9)2)8-12-5-11(13)3-4-14-12/h3-5,9-10H,6-8H2,1-2H3. The third-order valence-corrected chi connectivity index (χ3v) is 3.46. The van der Waals surface area contributed by atoms with Crippen molar-refractivity contribution < 1.29 is 0 Å². The van der Waals surface area contributed by atoms with Crippen LogP contribution in [0, 0.1) is 11.8 Å². The molecule has 2 nitrogen and oxygen atoms in total. The van der Waals surface area contributed by atoms with Gasteiger partial charge in [0.25, 0.3) is 0 Å². The lowest BCUT2D eigenvalue weighted by Gasteiger charge is -2.14. The van der Waals surface area contributed by atoms with Crippen molar-refractivity contribution in [3.8, 4) is 0 Å². The summed E-state index contributed by atoms with van der Waals surface area (Å²) in [5, 5.41) is 0.778. The van der Waals surface area contributed by atoms with E-state index in [0.29, 0.717) is 0 Å². The summed E-state index contributed by atoms with van der Waals surface area (Å²) < 4.78 is 0. The molecule has 0 spiro atoms. The average Bonchev–Trinajstić information content (AvgIpc) is 2.45. The van der Waals surface area contributed by atoms with Crippen LogP contribution >= 0.6 is 11.6 Å². The number of nitrogens with zero attached hydrogens (tertiary/aromatic N) is 2. The first-order valence-electron chi connectivity index (χ1n) is 5.48. The minimum absolute atomic E-state index is 0.778. The second-order valence-electron chi connectivity index (χ2n) is 4.61. The van der Waals surface area contributed by atoms with Crippen LogP contribution in [0.25, 0.3) is 0 Å². The number of halogens is 1. The van der Waals surface area contributed by atoms with Gasteiger partial charge in [0.2, 0.25) is 0 Å². The fourth-order valence-corrected chi connectivity index (χ4v) is 2.32. The van der Waals surface area contributed by atoms with E-state index in [9.17, 15) is 0 Å². The zero-order valence-electron chi connectivity index (χ0n) is 9.28. The Labute approximate surface area is 96.3 Å². The summed E-state index contributed by atoms with van der Waals surface area (Å²) in [6.45, 7) is 7.91. The van der Waals surface area contributed by atoms with E-state index in [1.165, 1.54) is 13.1 Å². The molecule has 2 unspecified atom stereocenters. The van der Waals surface area contributed by atoms with Crippen LogP contribution in [0.4, 0.5) is 0 Å². The molecule has 3 heteroatoms. The largest absolute Gasteiger partial charge is 0.297 e. The van der Waals surface area contributed by atoms with Gasteiger partial charge in [-0.25, -0.2) is 0 Å². The molecule has 0 N–H and O–H groups in total. The van der Waals surface area contributed by atoms with E-state index < -0.39 is 0 Å². The summed E-state index contributed by atoms with van der Waals surface area (Å²) in [6.07, 6.45) is 1.78. The highest BCUT2D eigenvalue weighted by atomic mass is 35.5. The molecule has 0 amide bonds. The molecule has 2 rings (SSSR count). The molecule has 0 bridgehead atoms. The van der Waals surface area contributed by atoms with E-state index in [4.69, 9.17) is 11.6 Å². The van der Waals surface area contributed by atoms with Gasteiger partial charge < -0.3 is 0 Å². The maximum Gasteiger partial charge on any atom is 0.0558 e. The van der Waals surface area contributed by atoms with E-state index in [-0.39, 0.29) is 0 Å². The molecule has 1 aliphatic rings. The van der Waals surface area contributed by atoms with E-state index >= 15 is 0 Å². The van der Waals surface area contributed by atoms with Crippen LogP contribution in [0.15, 0.2) is 18.3 Å². The molecule has 0 radical (unpaired) electrons. The molecule has 0 aliphatic carbocycles. The number of rotatable bonds is 2. The minimum atomic E-state index is 0.778. The van der Waals surface area contributed by atoms with Crippen LogP contribution in [0.1, 0.15) is 19.5 Å². The van der Waals surface area contributed by atoms with Crippen LogP contribution in [0.2, 0.25) is 5.02 Å². The lowest BCUT2D eigenvalue weighted by atomic mass is 10.0. The Morgan fingerprint density at radius 2 is 2.07 bits per heavy atom. The van der Waals surface area contributed by atoms with Gasteiger partial charge in [-0.05, 0) is 24.0 Å². The second-order valence-corrected chi connectivity index (χ2v) is 5.05. The van der Waals surface area contributed by atoms with Gasteiger partial charge in [-0.1, -0.05) is 25.4 Å². The second kappa shape index (κ2) is 4.50. The topological polar surface area (TPSA) is 16.1 Å². The van der Waals surface area contributed by atoms with Gasteiger partial charge >= 0.3 is 0 Å². The van der Waals surface area contributed by atoms with Crippen molar-refractivity contribution in [3.05, 3.63) is 29.0 Å². The molecular formula is C12H17ClN2. The van der Waals surface area contributed by atoms with Crippen molar-refractivity contribution in [1.82, 2.24) is 9.88 Å². The van der Waals surface area contributed by atoms with E-state index in [1.54, 1.807) is 6.20 Å². The number of pyridine rings is 1. The third kappa shape index (κ3) is 2.70. The third-order valence-electron chi connectivity index (χ3n) is 3.23. The molecule has 2 atom stereocenters. The van der Waals surface area contributed by atoms with Gasteiger partial charge in [-0.3, -0.25) is 9.88 Å².